The lowest BCUT2D eigenvalue weighted by Gasteiger charge is -2.04. The van der Waals surface area contributed by atoms with Gasteiger partial charge in [-0.05, 0) is 32.6 Å². The van der Waals surface area contributed by atoms with E-state index in [1.165, 1.54) is 38.5 Å². The Bertz CT molecular complexity index is 266. The summed E-state index contributed by atoms with van der Waals surface area (Å²) in [5, 5.41) is 0. The van der Waals surface area contributed by atoms with Gasteiger partial charge in [0.15, 0.2) is 0 Å². The minimum atomic E-state index is -0.264. The molecule has 110 valence electrons. The molecule has 0 saturated heterocycles. The quantitative estimate of drug-likeness (QED) is 0.210. The number of hydrogen-bond acceptors (Lipinski definition) is 2. The molecular weight excluding hydrogens is 236 g/mol. The van der Waals surface area contributed by atoms with E-state index in [1.807, 2.05) is 0 Å². The lowest BCUT2D eigenvalue weighted by molar-refractivity contribution is -0.139. The first kappa shape index (κ1) is 17.9. The number of carbonyl (C=O) groups is 1. The third-order valence-electron chi connectivity index (χ3n) is 3.00. The number of rotatable bonds is 12. The molecule has 0 unspecified atom stereocenters. The molecule has 0 aliphatic heterocycles. The number of esters is 1. The number of allylic oxidation sites excluding steroid dienone is 2. The first-order valence-electron chi connectivity index (χ1n) is 7.66. The summed E-state index contributed by atoms with van der Waals surface area (Å²) in [6, 6.07) is 0. The summed E-state index contributed by atoms with van der Waals surface area (Å²) in [6.45, 7) is 7.94. The fourth-order valence-electron chi connectivity index (χ4n) is 1.82. The topological polar surface area (TPSA) is 26.3 Å². The van der Waals surface area contributed by atoms with Crippen LogP contribution in [0.25, 0.3) is 0 Å². The molecule has 0 amide bonds. The Hall–Kier alpha value is -1.05. The van der Waals surface area contributed by atoms with Gasteiger partial charge in [0.25, 0.3) is 0 Å². The van der Waals surface area contributed by atoms with E-state index < -0.39 is 0 Å². The van der Waals surface area contributed by atoms with Crippen LogP contribution in [0.4, 0.5) is 0 Å². The Morgan fingerprint density at radius 2 is 1.58 bits per heavy atom. The fourth-order valence-corrected chi connectivity index (χ4v) is 1.82. The van der Waals surface area contributed by atoms with Crippen LogP contribution in [-0.4, -0.2) is 12.6 Å². The van der Waals surface area contributed by atoms with Crippen LogP contribution in [0.5, 0.6) is 0 Å². The Kier molecular flexibility index (Phi) is 12.6. The van der Waals surface area contributed by atoms with Gasteiger partial charge in [-0.3, -0.25) is 0 Å². The smallest absolute Gasteiger partial charge is 0.333 e. The molecule has 19 heavy (non-hydrogen) atoms. The van der Waals surface area contributed by atoms with Crippen molar-refractivity contribution in [2.24, 2.45) is 0 Å². The van der Waals surface area contributed by atoms with Crippen molar-refractivity contribution in [1.82, 2.24) is 0 Å². The van der Waals surface area contributed by atoms with E-state index in [9.17, 15) is 4.79 Å². The van der Waals surface area contributed by atoms with Crippen LogP contribution in [0.15, 0.2) is 24.3 Å². The maximum Gasteiger partial charge on any atom is 0.333 e. The van der Waals surface area contributed by atoms with Gasteiger partial charge >= 0.3 is 5.97 Å². The summed E-state index contributed by atoms with van der Waals surface area (Å²) >= 11 is 0. The molecule has 0 aliphatic rings. The van der Waals surface area contributed by atoms with Crippen molar-refractivity contribution in [1.29, 1.82) is 0 Å². The lowest BCUT2D eigenvalue weighted by atomic mass is 10.1. The zero-order chi connectivity index (χ0) is 14.3. The minimum absolute atomic E-state index is 0.264. The first-order valence-corrected chi connectivity index (χ1v) is 7.66. The van der Waals surface area contributed by atoms with Crippen molar-refractivity contribution in [3.8, 4) is 0 Å². The molecule has 0 fully saturated rings. The van der Waals surface area contributed by atoms with Crippen LogP contribution in [0.2, 0.25) is 0 Å². The van der Waals surface area contributed by atoms with Crippen molar-refractivity contribution in [2.75, 3.05) is 6.61 Å². The van der Waals surface area contributed by atoms with E-state index in [2.05, 4.69) is 25.7 Å². The van der Waals surface area contributed by atoms with Gasteiger partial charge in [-0.2, -0.15) is 0 Å². The summed E-state index contributed by atoms with van der Waals surface area (Å²) in [6.07, 6.45) is 15.5. The SMILES string of the molecule is C=C(C)C(=O)OCCCCCCCCC/C=C/CC. The van der Waals surface area contributed by atoms with Crippen LogP contribution < -0.4 is 0 Å². The molecule has 0 saturated carbocycles. The van der Waals surface area contributed by atoms with Gasteiger partial charge in [-0.15, -0.1) is 0 Å². The number of carbonyl (C=O) groups excluding carboxylic acids is 1. The van der Waals surface area contributed by atoms with Crippen molar-refractivity contribution in [3.63, 3.8) is 0 Å². The zero-order valence-electron chi connectivity index (χ0n) is 12.7. The Balaban J connectivity index is 3.13. The molecule has 0 rings (SSSR count). The predicted molar refractivity (Wildman–Crippen MR) is 82.1 cm³/mol. The summed E-state index contributed by atoms with van der Waals surface area (Å²) in [5.41, 5.74) is 0.483. The fraction of sp³-hybridized carbons (Fsp3) is 0.706. The number of hydrogen-bond donors (Lipinski definition) is 0. The standard InChI is InChI=1S/C17H30O2/c1-4-5-6-7-8-9-10-11-12-13-14-15-19-17(18)16(2)3/h5-6H,2,4,7-15H2,1,3H3/b6-5+. The Labute approximate surface area is 118 Å². The van der Waals surface area contributed by atoms with Gasteiger partial charge in [0.05, 0.1) is 6.61 Å². The molecule has 2 heteroatoms. The molecule has 0 aliphatic carbocycles. The normalized spacial score (nSPS) is 10.8. The van der Waals surface area contributed by atoms with E-state index in [4.69, 9.17) is 4.74 Å². The van der Waals surface area contributed by atoms with Gasteiger partial charge in [-0.25, -0.2) is 4.79 Å². The third-order valence-corrected chi connectivity index (χ3v) is 3.00. The molecule has 0 atom stereocenters. The van der Waals surface area contributed by atoms with E-state index in [0.717, 1.165) is 19.3 Å². The monoisotopic (exact) mass is 266 g/mol. The molecule has 0 spiro atoms. The highest BCUT2D eigenvalue weighted by atomic mass is 16.5. The summed E-state index contributed by atoms with van der Waals surface area (Å²) < 4.78 is 5.04. The third kappa shape index (κ3) is 13.2. The maximum absolute atomic E-state index is 11.1. The van der Waals surface area contributed by atoms with Crippen molar-refractivity contribution in [2.45, 2.75) is 71.6 Å². The molecule has 0 bridgehead atoms. The van der Waals surface area contributed by atoms with Crippen molar-refractivity contribution in [3.05, 3.63) is 24.3 Å². The average molecular weight is 266 g/mol. The van der Waals surface area contributed by atoms with Crippen LogP contribution in [0.3, 0.4) is 0 Å². The second-order valence-electron chi connectivity index (χ2n) is 5.06. The maximum atomic E-state index is 11.1. The molecular formula is C17H30O2. The van der Waals surface area contributed by atoms with E-state index in [1.54, 1.807) is 6.92 Å². The highest BCUT2D eigenvalue weighted by molar-refractivity contribution is 5.86. The molecule has 0 aromatic heterocycles. The highest BCUT2D eigenvalue weighted by Crippen LogP contribution is 2.09. The van der Waals surface area contributed by atoms with Crippen molar-refractivity contribution < 1.29 is 9.53 Å². The van der Waals surface area contributed by atoms with Gasteiger partial charge in [0.2, 0.25) is 0 Å². The second-order valence-corrected chi connectivity index (χ2v) is 5.06. The molecule has 0 aromatic rings. The molecule has 0 radical (unpaired) electrons. The average Bonchev–Trinajstić information content (AvgIpc) is 2.39. The van der Waals surface area contributed by atoms with E-state index >= 15 is 0 Å². The molecule has 0 heterocycles. The number of unbranched alkanes of at least 4 members (excludes halogenated alkanes) is 7. The highest BCUT2D eigenvalue weighted by Gasteiger charge is 2.01. The van der Waals surface area contributed by atoms with E-state index in [-0.39, 0.29) is 5.97 Å². The largest absolute Gasteiger partial charge is 0.462 e. The molecule has 0 aromatic carbocycles. The first-order chi connectivity index (χ1) is 9.18. The minimum Gasteiger partial charge on any atom is -0.462 e. The van der Waals surface area contributed by atoms with Crippen molar-refractivity contribution >= 4 is 5.97 Å². The summed E-state index contributed by atoms with van der Waals surface area (Å²) in [5.74, 6) is -0.264. The predicted octanol–water partition coefficient (Wildman–Crippen LogP) is 5.19. The molecule has 0 N–H and O–H groups in total. The van der Waals surface area contributed by atoms with Gasteiger partial charge in [0.1, 0.15) is 0 Å². The number of ether oxygens (including phenoxy) is 1. The van der Waals surface area contributed by atoms with Gasteiger partial charge in [-0.1, -0.05) is 57.8 Å². The molecule has 2 nitrogen and oxygen atoms in total. The van der Waals surface area contributed by atoms with Gasteiger partial charge < -0.3 is 4.74 Å². The van der Waals surface area contributed by atoms with Crippen LogP contribution in [0, 0.1) is 0 Å². The summed E-state index contributed by atoms with van der Waals surface area (Å²) in [7, 11) is 0. The second kappa shape index (κ2) is 13.4. The Morgan fingerprint density at radius 3 is 2.16 bits per heavy atom. The van der Waals surface area contributed by atoms with Gasteiger partial charge in [0, 0.05) is 5.57 Å². The van der Waals surface area contributed by atoms with Crippen LogP contribution in [0.1, 0.15) is 71.6 Å². The van der Waals surface area contributed by atoms with Crippen LogP contribution >= 0.6 is 0 Å². The lowest BCUT2D eigenvalue weighted by Crippen LogP contribution is -2.05. The van der Waals surface area contributed by atoms with Crippen LogP contribution in [-0.2, 0) is 9.53 Å². The zero-order valence-corrected chi connectivity index (χ0v) is 12.7. The Morgan fingerprint density at radius 1 is 1.00 bits per heavy atom. The van der Waals surface area contributed by atoms with E-state index in [0.29, 0.717) is 12.2 Å². The summed E-state index contributed by atoms with van der Waals surface area (Å²) in [4.78, 5) is 11.1.